The van der Waals surface area contributed by atoms with E-state index in [9.17, 15) is 0 Å². The average molecular weight is 336 g/mol. The van der Waals surface area contributed by atoms with Crippen LogP contribution >= 0.6 is 0 Å². The lowest BCUT2D eigenvalue weighted by atomic mass is 9.76. The van der Waals surface area contributed by atoms with E-state index in [4.69, 9.17) is 15.2 Å². The molecule has 4 heteroatoms. The van der Waals surface area contributed by atoms with Gasteiger partial charge in [0.05, 0.1) is 13.2 Å². The number of rotatable bonds is 3. The summed E-state index contributed by atoms with van der Waals surface area (Å²) < 4.78 is 12.1. The van der Waals surface area contributed by atoms with Crippen LogP contribution in [0.3, 0.4) is 0 Å². The molecule has 130 valence electrons. The molecule has 0 radical (unpaired) electrons. The number of hydrogen-bond donors (Lipinski definition) is 1. The summed E-state index contributed by atoms with van der Waals surface area (Å²) in [4.78, 5) is 2.47. The molecule has 25 heavy (non-hydrogen) atoms. The topological polar surface area (TPSA) is 47.7 Å². The Labute approximate surface area is 148 Å². The maximum atomic E-state index is 6.37. The van der Waals surface area contributed by atoms with Gasteiger partial charge < -0.3 is 15.2 Å². The predicted octanol–water partition coefficient (Wildman–Crippen LogP) is 3.57. The van der Waals surface area contributed by atoms with Gasteiger partial charge in [-0.05, 0) is 73.2 Å². The minimum atomic E-state index is 0.328. The molecular formula is C21H24N2O2. The first-order chi connectivity index (χ1) is 12.2. The first-order valence-electron chi connectivity index (χ1n) is 9.15. The standard InChI is InChI=1S/C21H24N2O2/c1-23-8-7-13-10-18(24-2)21(25-15-5-6-15)20-16-11-14(22)4-3-12(16)9-17(23)19(13)20/h3-4,10-11,15,17H,5-9,22H2,1-2H3. The molecule has 2 aromatic rings. The Bertz CT molecular complexity index is 857. The molecule has 1 unspecified atom stereocenters. The van der Waals surface area contributed by atoms with Crippen molar-refractivity contribution in [1.29, 1.82) is 0 Å². The molecule has 1 fully saturated rings. The summed E-state index contributed by atoms with van der Waals surface area (Å²) >= 11 is 0. The lowest BCUT2D eigenvalue weighted by Gasteiger charge is -2.40. The molecule has 0 aromatic heterocycles. The zero-order chi connectivity index (χ0) is 17.1. The van der Waals surface area contributed by atoms with E-state index < -0.39 is 0 Å². The molecule has 2 aliphatic carbocycles. The van der Waals surface area contributed by atoms with Crippen LogP contribution in [0.2, 0.25) is 0 Å². The van der Waals surface area contributed by atoms with Gasteiger partial charge in [-0.25, -0.2) is 0 Å². The number of hydrogen-bond acceptors (Lipinski definition) is 4. The minimum absolute atomic E-state index is 0.328. The molecule has 2 N–H and O–H groups in total. The maximum absolute atomic E-state index is 6.37. The van der Waals surface area contributed by atoms with E-state index in [2.05, 4.69) is 30.1 Å². The fourth-order valence-electron chi connectivity index (χ4n) is 4.33. The third-order valence-electron chi connectivity index (χ3n) is 5.82. The van der Waals surface area contributed by atoms with Crippen LogP contribution in [0, 0.1) is 0 Å². The Morgan fingerprint density at radius 2 is 2.00 bits per heavy atom. The normalized spacial score (nSPS) is 21.4. The van der Waals surface area contributed by atoms with Gasteiger partial charge in [0.25, 0.3) is 0 Å². The average Bonchev–Trinajstić information content (AvgIpc) is 3.43. The van der Waals surface area contributed by atoms with Gasteiger partial charge in [0.2, 0.25) is 0 Å². The van der Waals surface area contributed by atoms with Crippen molar-refractivity contribution in [2.45, 2.75) is 37.8 Å². The zero-order valence-electron chi connectivity index (χ0n) is 14.8. The molecule has 1 heterocycles. The number of methoxy groups -OCH3 is 1. The van der Waals surface area contributed by atoms with E-state index in [-0.39, 0.29) is 0 Å². The Hall–Kier alpha value is -2.20. The van der Waals surface area contributed by atoms with Crippen LogP contribution < -0.4 is 15.2 Å². The highest BCUT2D eigenvalue weighted by molar-refractivity contribution is 5.85. The van der Waals surface area contributed by atoms with E-state index in [1.54, 1.807) is 7.11 Å². The lowest BCUT2D eigenvalue weighted by molar-refractivity contribution is 0.225. The van der Waals surface area contributed by atoms with Crippen LogP contribution in [0.4, 0.5) is 5.69 Å². The van der Waals surface area contributed by atoms with E-state index in [0.29, 0.717) is 12.1 Å². The molecular weight excluding hydrogens is 312 g/mol. The summed E-state index contributed by atoms with van der Waals surface area (Å²) in [6, 6.07) is 8.90. The van der Waals surface area contributed by atoms with Crippen molar-refractivity contribution >= 4 is 5.69 Å². The zero-order valence-corrected chi connectivity index (χ0v) is 14.8. The van der Waals surface area contributed by atoms with Crippen LogP contribution in [0.5, 0.6) is 11.5 Å². The van der Waals surface area contributed by atoms with Crippen molar-refractivity contribution < 1.29 is 9.47 Å². The van der Waals surface area contributed by atoms with E-state index in [1.807, 2.05) is 6.07 Å². The Morgan fingerprint density at radius 1 is 1.16 bits per heavy atom. The molecule has 3 aliphatic rings. The van der Waals surface area contributed by atoms with Crippen molar-refractivity contribution in [1.82, 2.24) is 4.90 Å². The number of nitrogen functional groups attached to an aromatic ring is 1. The Morgan fingerprint density at radius 3 is 2.76 bits per heavy atom. The highest BCUT2D eigenvalue weighted by Gasteiger charge is 2.37. The van der Waals surface area contributed by atoms with E-state index in [1.165, 1.54) is 27.8 Å². The first-order valence-corrected chi connectivity index (χ1v) is 9.15. The second-order valence-corrected chi connectivity index (χ2v) is 7.54. The smallest absolute Gasteiger partial charge is 0.169 e. The Balaban J connectivity index is 1.82. The van der Waals surface area contributed by atoms with E-state index in [0.717, 1.165) is 49.4 Å². The number of fused-ring (bicyclic) bond motifs is 2. The summed E-state index contributed by atoms with van der Waals surface area (Å²) in [5, 5.41) is 0. The third-order valence-corrected chi connectivity index (χ3v) is 5.82. The van der Waals surface area contributed by atoms with Crippen LogP contribution in [-0.2, 0) is 12.8 Å². The lowest BCUT2D eigenvalue weighted by Crippen LogP contribution is -2.35. The van der Waals surface area contributed by atoms with Gasteiger partial charge >= 0.3 is 0 Å². The van der Waals surface area contributed by atoms with Crippen molar-refractivity contribution in [2.75, 3.05) is 26.4 Å². The summed E-state index contributed by atoms with van der Waals surface area (Å²) in [5.74, 6) is 1.77. The maximum Gasteiger partial charge on any atom is 0.169 e. The number of anilines is 1. The second kappa shape index (κ2) is 5.40. The van der Waals surface area contributed by atoms with Crippen molar-refractivity contribution in [3.8, 4) is 22.6 Å². The van der Waals surface area contributed by atoms with Crippen molar-refractivity contribution in [3.05, 3.63) is 41.0 Å². The molecule has 2 aromatic carbocycles. The number of likely N-dealkylation sites (N-methyl/N-ethyl adjacent to an activating group) is 1. The first kappa shape index (κ1) is 15.1. The molecule has 1 aliphatic heterocycles. The van der Waals surface area contributed by atoms with E-state index >= 15 is 0 Å². The highest BCUT2D eigenvalue weighted by atomic mass is 16.5. The second-order valence-electron chi connectivity index (χ2n) is 7.54. The van der Waals surface area contributed by atoms with Gasteiger partial charge in [0.15, 0.2) is 11.5 Å². The van der Waals surface area contributed by atoms with Gasteiger partial charge in [-0.1, -0.05) is 6.07 Å². The van der Waals surface area contributed by atoms with Gasteiger partial charge in [-0.3, -0.25) is 4.90 Å². The summed E-state index contributed by atoms with van der Waals surface area (Å²) in [7, 11) is 3.97. The van der Waals surface area contributed by atoms with Crippen LogP contribution in [0.15, 0.2) is 24.3 Å². The summed E-state index contributed by atoms with van der Waals surface area (Å²) in [6.07, 6.45) is 4.67. The van der Waals surface area contributed by atoms with Crippen molar-refractivity contribution in [3.63, 3.8) is 0 Å². The van der Waals surface area contributed by atoms with Crippen LogP contribution in [-0.4, -0.2) is 31.7 Å². The fourth-order valence-corrected chi connectivity index (χ4v) is 4.33. The predicted molar refractivity (Wildman–Crippen MR) is 99.3 cm³/mol. The molecule has 5 rings (SSSR count). The number of benzene rings is 2. The summed E-state index contributed by atoms with van der Waals surface area (Å²) in [6.45, 7) is 1.08. The molecule has 0 bridgehead atoms. The molecule has 4 nitrogen and oxygen atoms in total. The molecule has 0 amide bonds. The highest BCUT2D eigenvalue weighted by Crippen LogP contribution is 2.53. The molecule has 0 spiro atoms. The van der Waals surface area contributed by atoms with Gasteiger partial charge in [0.1, 0.15) is 0 Å². The SMILES string of the molecule is COc1cc2c3c(c1OC1CC1)-c1cc(N)ccc1CC3N(C)CC2. The quantitative estimate of drug-likeness (QED) is 0.871. The van der Waals surface area contributed by atoms with Crippen LogP contribution in [0.25, 0.3) is 11.1 Å². The van der Waals surface area contributed by atoms with Gasteiger partial charge in [0, 0.05) is 23.8 Å². The molecule has 0 saturated heterocycles. The third kappa shape index (κ3) is 2.31. The van der Waals surface area contributed by atoms with Crippen LogP contribution in [0.1, 0.15) is 35.6 Å². The largest absolute Gasteiger partial charge is 0.493 e. The minimum Gasteiger partial charge on any atom is -0.493 e. The number of nitrogens with two attached hydrogens (primary N) is 1. The van der Waals surface area contributed by atoms with Gasteiger partial charge in [-0.15, -0.1) is 0 Å². The number of nitrogens with zero attached hydrogens (tertiary/aromatic N) is 1. The molecule has 1 atom stereocenters. The summed E-state index contributed by atoms with van der Waals surface area (Å²) in [5.41, 5.74) is 13.5. The van der Waals surface area contributed by atoms with Crippen molar-refractivity contribution in [2.24, 2.45) is 0 Å². The monoisotopic (exact) mass is 336 g/mol. The number of ether oxygens (including phenoxy) is 2. The van der Waals surface area contributed by atoms with Gasteiger partial charge in [-0.2, -0.15) is 0 Å². The fraction of sp³-hybridized carbons (Fsp3) is 0.429. The Kier molecular flexibility index (Phi) is 3.26. The molecule has 1 saturated carbocycles.